The number of rotatable bonds is 13. The van der Waals surface area contributed by atoms with Crippen molar-refractivity contribution >= 4 is 5.91 Å². The van der Waals surface area contributed by atoms with E-state index in [9.17, 15) is 4.79 Å². The van der Waals surface area contributed by atoms with Crippen LogP contribution in [-0.2, 0) is 4.79 Å². The fourth-order valence-corrected chi connectivity index (χ4v) is 3.22. The number of hydrogen-bond donors (Lipinski definition) is 3. The van der Waals surface area contributed by atoms with Gasteiger partial charge in [0.05, 0.1) is 0 Å². The molecule has 0 aromatic carbocycles. The van der Waals surface area contributed by atoms with E-state index in [1.165, 1.54) is 32.1 Å². The maximum Gasteiger partial charge on any atom is 0.220 e. The van der Waals surface area contributed by atoms with Crippen LogP contribution in [0.25, 0.3) is 0 Å². The van der Waals surface area contributed by atoms with Crippen LogP contribution in [-0.4, -0.2) is 25.5 Å². The molecule has 0 aliphatic heterocycles. The predicted molar refractivity (Wildman–Crippen MR) is 137 cm³/mol. The van der Waals surface area contributed by atoms with Crippen molar-refractivity contribution in [2.45, 2.75) is 121 Å². The highest BCUT2D eigenvalue weighted by Gasteiger charge is 2.26. The summed E-state index contributed by atoms with van der Waals surface area (Å²) >= 11 is 0. The van der Waals surface area contributed by atoms with Crippen molar-refractivity contribution in [1.82, 2.24) is 5.32 Å². The third-order valence-electron chi connectivity index (χ3n) is 5.25. The molecule has 0 aliphatic rings. The average Bonchev–Trinajstić information content (AvgIpc) is 2.64. The van der Waals surface area contributed by atoms with Crippen LogP contribution in [0, 0.1) is 22.7 Å². The van der Waals surface area contributed by atoms with Crippen LogP contribution in [0.15, 0.2) is 0 Å². The fourth-order valence-electron chi connectivity index (χ4n) is 3.22. The maximum absolute atomic E-state index is 10.9. The molecular formula is C26H59N3O. The number of nitrogens with two attached hydrogens (primary N) is 2. The molecule has 0 atom stereocenters. The van der Waals surface area contributed by atoms with Crippen LogP contribution < -0.4 is 16.8 Å². The molecule has 0 radical (unpaired) electrons. The molecule has 0 spiro atoms. The first-order chi connectivity index (χ1) is 13.8. The molecule has 0 saturated heterocycles. The molecule has 4 nitrogen and oxygen atoms in total. The zero-order chi connectivity index (χ0) is 24.2. The molecule has 0 aromatic rings. The lowest BCUT2D eigenvalue weighted by Gasteiger charge is -2.34. The van der Waals surface area contributed by atoms with Crippen molar-refractivity contribution in [3.8, 4) is 0 Å². The van der Waals surface area contributed by atoms with Crippen LogP contribution in [0.3, 0.4) is 0 Å². The summed E-state index contributed by atoms with van der Waals surface area (Å²) in [5, 5.41) is 2.72. The minimum absolute atomic E-state index is 0.115. The van der Waals surface area contributed by atoms with E-state index in [2.05, 4.69) is 74.6 Å². The molecule has 0 saturated carbocycles. The monoisotopic (exact) mass is 429 g/mol. The minimum Gasteiger partial charge on any atom is -0.355 e. The SMILES string of the molecule is CC(C)CCC(=O)NCCN.CCC(C)(C)CC(C)(C)CCCC(C)C.CCCN. The van der Waals surface area contributed by atoms with Crippen molar-refractivity contribution < 1.29 is 4.79 Å². The van der Waals surface area contributed by atoms with Crippen LogP contribution in [0.4, 0.5) is 0 Å². The van der Waals surface area contributed by atoms with E-state index in [1.54, 1.807) is 0 Å². The van der Waals surface area contributed by atoms with E-state index in [0.29, 0.717) is 36.3 Å². The van der Waals surface area contributed by atoms with Gasteiger partial charge in [-0.05, 0) is 54.9 Å². The zero-order valence-corrected chi connectivity index (χ0v) is 22.5. The molecule has 4 heteroatoms. The summed E-state index contributed by atoms with van der Waals surface area (Å²) in [5.41, 5.74) is 11.3. The van der Waals surface area contributed by atoms with Crippen molar-refractivity contribution in [2.24, 2.45) is 34.1 Å². The molecule has 0 rings (SSSR count). The molecule has 0 aromatic heterocycles. The van der Waals surface area contributed by atoms with E-state index in [4.69, 9.17) is 11.5 Å². The Morgan fingerprint density at radius 1 is 0.867 bits per heavy atom. The van der Waals surface area contributed by atoms with Gasteiger partial charge < -0.3 is 16.8 Å². The summed E-state index contributed by atoms with van der Waals surface area (Å²) in [4.78, 5) is 10.9. The van der Waals surface area contributed by atoms with Gasteiger partial charge in [-0.15, -0.1) is 0 Å². The van der Waals surface area contributed by atoms with Crippen molar-refractivity contribution in [1.29, 1.82) is 0 Å². The molecule has 0 unspecified atom stereocenters. The highest BCUT2D eigenvalue weighted by Crippen LogP contribution is 2.39. The van der Waals surface area contributed by atoms with Gasteiger partial charge in [0.2, 0.25) is 5.91 Å². The van der Waals surface area contributed by atoms with E-state index in [-0.39, 0.29) is 5.91 Å². The Labute approximate surface area is 190 Å². The molecule has 1 amide bonds. The average molecular weight is 430 g/mol. The van der Waals surface area contributed by atoms with Gasteiger partial charge in [-0.2, -0.15) is 0 Å². The summed E-state index contributed by atoms with van der Waals surface area (Å²) in [5.74, 6) is 1.57. The summed E-state index contributed by atoms with van der Waals surface area (Å²) < 4.78 is 0. The Morgan fingerprint density at radius 3 is 1.73 bits per heavy atom. The Morgan fingerprint density at radius 2 is 1.37 bits per heavy atom. The highest BCUT2D eigenvalue weighted by atomic mass is 16.1. The lowest BCUT2D eigenvalue weighted by atomic mass is 9.71. The van der Waals surface area contributed by atoms with Crippen molar-refractivity contribution in [3.05, 3.63) is 0 Å². The number of carbonyl (C=O) groups is 1. The van der Waals surface area contributed by atoms with Gasteiger partial charge in [-0.1, -0.05) is 88.5 Å². The van der Waals surface area contributed by atoms with E-state index in [0.717, 1.165) is 25.3 Å². The van der Waals surface area contributed by atoms with E-state index < -0.39 is 0 Å². The molecule has 30 heavy (non-hydrogen) atoms. The smallest absolute Gasteiger partial charge is 0.220 e. The first-order valence-electron chi connectivity index (χ1n) is 12.4. The molecular weight excluding hydrogens is 370 g/mol. The Hall–Kier alpha value is -0.610. The molecule has 5 N–H and O–H groups in total. The van der Waals surface area contributed by atoms with Gasteiger partial charge in [0, 0.05) is 19.5 Å². The van der Waals surface area contributed by atoms with E-state index in [1.807, 2.05) is 0 Å². The zero-order valence-electron chi connectivity index (χ0n) is 22.5. The Kier molecular flexibility index (Phi) is 23.0. The summed E-state index contributed by atoms with van der Waals surface area (Å²) in [7, 11) is 0. The van der Waals surface area contributed by atoms with Gasteiger partial charge in [0.1, 0.15) is 0 Å². The number of amides is 1. The van der Waals surface area contributed by atoms with Gasteiger partial charge in [0.15, 0.2) is 0 Å². The first-order valence-corrected chi connectivity index (χ1v) is 12.4. The lowest BCUT2D eigenvalue weighted by molar-refractivity contribution is -0.121. The van der Waals surface area contributed by atoms with Crippen LogP contribution in [0.5, 0.6) is 0 Å². The molecule has 0 heterocycles. The van der Waals surface area contributed by atoms with Crippen LogP contribution in [0.1, 0.15) is 121 Å². The summed E-state index contributed by atoms with van der Waals surface area (Å²) in [6.07, 6.45) is 9.48. The van der Waals surface area contributed by atoms with Crippen molar-refractivity contribution in [2.75, 3.05) is 19.6 Å². The van der Waals surface area contributed by atoms with Crippen LogP contribution >= 0.6 is 0 Å². The third kappa shape index (κ3) is 29.6. The predicted octanol–water partition coefficient (Wildman–Crippen LogP) is 6.52. The Bertz CT molecular complexity index is 374. The minimum atomic E-state index is 0.115. The second-order valence-corrected chi connectivity index (χ2v) is 11.0. The quantitative estimate of drug-likeness (QED) is 0.312. The largest absolute Gasteiger partial charge is 0.355 e. The lowest BCUT2D eigenvalue weighted by Crippen LogP contribution is -2.28. The van der Waals surface area contributed by atoms with Gasteiger partial charge in [-0.25, -0.2) is 0 Å². The van der Waals surface area contributed by atoms with Crippen LogP contribution in [0.2, 0.25) is 0 Å². The standard InChI is InChI=1S/C15H32.C8H18N2O.C3H9N/c1-8-14(4,5)12-15(6,7)11-9-10-13(2)3;1-7(2)3-4-8(11)10-6-5-9;1-2-3-4/h13H,8-12H2,1-7H3;7H,3-6,9H2,1-2H3,(H,10,11);2-4H2,1H3. The molecule has 0 aliphatic carbocycles. The highest BCUT2D eigenvalue weighted by molar-refractivity contribution is 5.75. The van der Waals surface area contributed by atoms with E-state index >= 15 is 0 Å². The Balaban J connectivity index is -0.000000425. The first kappa shape index (κ1) is 34.0. The van der Waals surface area contributed by atoms with Crippen molar-refractivity contribution in [3.63, 3.8) is 0 Å². The van der Waals surface area contributed by atoms with Gasteiger partial charge in [0.25, 0.3) is 0 Å². The molecule has 0 fully saturated rings. The number of nitrogens with one attached hydrogen (secondary N) is 1. The molecule has 0 bridgehead atoms. The number of hydrogen-bond acceptors (Lipinski definition) is 3. The summed E-state index contributed by atoms with van der Waals surface area (Å²) in [6.45, 7) is 24.8. The fraction of sp³-hybridized carbons (Fsp3) is 0.962. The van der Waals surface area contributed by atoms with Gasteiger partial charge >= 0.3 is 0 Å². The molecule has 184 valence electrons. The summed E-state index contributed by atoms with van der Waals surface area (Å²) in [6, 6.07) is 0. The van der Waals surface area contributed by atoms with Gasteiger partial charge in [-0.3, -0.25) is 4.79 Å². The third-order valence-corrected chi connectivity index (χ3v) is 5.25. The second-order valence-electron chi connectivity index (χ2n) is 11.0. The normalized spacial score (nSPS) is 11.5. The number of carbonyl (C=O) groups excluding carboxylic acids is 1. The maximum atomic E-state index is 10.9. The topological polar surface area (TPSA) is 81.1 Å². The second kappa shape index (κ2) is 20.3.